The van der Waals surface area contributed by atoms with Crippen LogP contribution in [0, 0.1) is 0 Å². The number of anilines is 1. The van der Waals surface area contributed by atoms with Crippen molar-refractivity contribution in [2.45, 2.75) is 13.3 Å². The molecule has 152 valence electrons. The number of thioether (sulfide) groups is 1. The molecule has 0 radical (unpaired) electrons. The minimum Gasteiger partial charge on any atom is -0.493 e. The molecule has 0 atom stereocenters. The normalized spacial score (nSPS) is 14.0. The Morgan fingerprint density at radius 1 is 1.07 bits per heavy atom. The SMILES string of the molecule is COc1ccc(C(=O)N/N=C(/C)c2ccc(NC3=NCCCS3)cc2)cc1OC. The molecule has 0 saturated heterocycles. The summed E-state index contributed by atoms with van der Waals surface area (Å²) in [6.45, 7) is 2.72. The first-order valence-corrected chi connectivity index (χ1v) is 10.2. The minimum absolute atomic E-state index is 0.323. The fourth-order valence-electron chi connectivity index (χ4n) is 2.69. The van der Waals surface area contributed by atoms with Crippen molar-refractivity contribution in [3.63, 3.8) is 0 Å². The van der Waals surface area contributed by atoms with Crippen molar-refractivity contribution >= 4 is 34.2 Å². The number of aliphatic imine (C=N–C) groups is 1. The van der Waals surface area contributed by atoms with E-state index in [1.165, 1.54) is 7.11 Å². The molecule has 0 unspecified atom stereocenters. The van der Waals surface area contributed by atoms with Gasteiger partial charge < -0.3 is 14.8 Å². The first-order valence-electron chi connectivity index (χ1n) is 9.22. The number of ether oxygens (including phenoxy) is 2. The first-order chi connectivity index (χ1) is 14.1. The molecule has 1 aliphatic heterocycles. The predicted molar refractivity (Wildman–Crippen MR) is 119 cm³/mol. The van der Waals surface area contributed by atoms with Crippen LogP contribution < -0.4 is 20.2 Å². The van der Waals surface area contributed by atoms with Gasteiger partial charge in [-0.25, -0.2) is 5.43 Å². The van der Waals surface area contributed by atoms with Gasteiger partial charge in [-0.3, -0.25) is 9.79 Å². The lowest BCUT2D eigenvalue weighted by atomic mass is 10.1. The Balaban J connectivity index is 1.63. The standard InChI is InChI=1S/C21H24N4O3S/c1-14(15-5-8-17(9-6-15)23-21-22-11-4-12-29-21)24-25-20(26)16-7-10-18(27-2)19(13-16)28-3/h5-10,13H,4,11-12H2,1-3H3,(H,22,23)(H,25,26)/b24-14-. The zero-order valence-electron chi connectivity index (χ0n) is 16.7. The molecule has 0 aliphatic carbocycles. The largest absolute Gasteiger partial charge is 0.493 e. The molecular weight excluding hydrogens is 388 g/mol. The van der Waals surface area contributed by atoms with Gasteiger partial charge in [0.1, 0.15) is 0 Å². The lowest BCUT2D eigenvalue weighted by Crippen LogP contribution is -2.19. The molecule has 0 spiro atoms. The average molecular weight is 413 g/mol. The van der Waals surface area contributed by atoms with Crippen LogP contribution in [0.15, 0.2) is 52.6 Å². The number of methoxy groups -OCH3 is 2. The molecule has 0 bridgehead atoms. The fourth-order valence-corrected chi connectivity index (χ4v) is 3.53. The van der Waals surface area contributed by atoms with Crippen LogP contribution in [0.4, 0.5) is 5.69 Å². The number of rotatable bonds is 6. The van der Waals surface area contributed by atoms with Crippen LogP contribution in [0.5, 0.6) is 11.5 Å². The second-order valence-electron chi connectivity index (χ2n) is 6.30. The van der Waals surface area contributed by atoms with Gasteiger partial charge >= 0.3 is 0 Å². The zero-order chi connectivity index (χ0) is 20.6. The molecule has 1 heterocycles. The summed E-state index contributed by atoms with van der Waals surface area (Å²) < 4.78 is 10.4. The summed E-state index contributed by atoms with van der Waals surface area (Å²) in [4.78, 5) is 16.8. The quantitative estimate of drug-likeness (QED) is 0.557. The van der Waals surface area contributed by atoms with Crippen molar-refractivity contribution in [3.05, 3.63) is 53.6 Å². The van der Waals surface area contributed by atoms with Gasteiger partial charge in [0.25, 0.3) is 5.91 Å². The van der Waals surface area contributed by atoms with Gasteiger partial charge in [0.2, 0.25) is 0 Å². The van der Waals surface area contributed by atoms with E-state index in [0.717, 1.165) is 35.1 Å². The summed E-state index contributed by atoms with van der Waals surface area (Å²) in [5.41, 5.74) is 5.61. The van der Waals surface area contributed by atoms with Crippen molar-refractivity contribution < 1.29 is 14.3 Å². The van der Waals surface area contributed by atoms with Crippen molar-refractivity contribution in [1.82, 2.24) is 5.43 Å². The van der Waals surface area contributed by atoms with E-state index in [1.807, 2.05) is 31.2 Å². The maximum absolute atomic E-state index is 12.4. The minimum atomic E-state index is -0.323. The number of nitrogens with zero attached hydrogens (tertiary/aromatic N) is 2. The Labute approximate surface area is 174 Å². The van der Waals surface area contributed by atoms with Crippen molar-refractivity contribution in [2.75, 3.05) is 31.8 Å². The molecule has 0 fully saturated rings. The van der Waals surface area contributed by atoms with Gasteiger partial charge in [-0.15, -0.1) is 0 Å². The molecule has 3 rings (SSSR count). The highest BCUT2D eigenvalue weighted by molar-refractivity contribution is 8.14. The first kappa shape index (κ1) is 20.7. The van der Waals surface area contributed by atoms with Gasteiger partial charge in [-0.1, -0.05) is 23.9 Å². The summed E-state index contributed by atoms with van der Waals surface area (Å²) in [6.07, 6.45) is 1.12. The molecule has 2 aromatic carbocycles. The lowest BCUT2D eigenvalue weighted by Gasteiger charge is -2.13. The molecule has 7 nitrogen and oxygen atoms in total. The van der Waals surface area contributed by atoms with Crippen molar-refractivity contribution in [3.8, 4) is 11.5 Å². The highest BCUT2D eigenvalue weighted by Crippen LogP contribution is 2.27. The van der Waals surface area contributed by atoms with Crippen molar-refractivity contribution in [1.29, 1.82) is 0 Å². The number of amides is 1. The molecule has 2 aromatic rings. The van der Waals surface area contributed by atoms with Gasteiger partial charge in [-0.2, -0.15) is 5.10 Å². The van der Waals surface area contributed by atoms with Gasteiger partial charge in [-0.05, 0) is 49.2 Å². The lowest BCUT2D eigenvalue weighted by molar-refractivity contribution is 0.0954. The average Bonchev–Trinajstić information content (AvgIpc) is 2.78. The molecule has 8 heteroatoms. The van der Waals surface area contributed by atoms with Gasteiger partial charge in [0.05, 0.1) is 19.9 Å². The van der Waals surface area contributed by atoms with Crippen LogP contribution in [0.2, 0.25) is 0 Å². The number of carbonyl (C=O) groups is 1. The highest BCUT2D eigenvalue weighted by Gasteiger charge is 2.11. The van der Waals surface area contributed by atoms with Crippen molar-refractivity contribution in [2.24, 2.45) is 10.1 Å². The highest BCUT2D eigenvalue weighted by atomic mass is 32.2. The summed E-state index contributed by atoms with van der Waals surface area (Å²) in [6, 6.07) is 12.8. The van der Waals surface area contributed by atoms with E-state index in [-0.39, 0.29) is 5.91 Å². The fraction of sp³-hybridized carbons (Fsp3) is 0.286. The number of carbonyl (C=O) groups excluding carboxylic acids is 1. The maximum Gasteiger partial charge on any atom is 0.271 e. The smallest absolute Gasteiger partial charge is 0.271 e. The zero-order valence-corrected chi connectivity index (χ0v) is 17.5. The van der Waals surface area contributed by atoms with Crippen LogP contribution >= 0.6 is 11.8 Å². The Hall–Kier alpha value is -3.00. The van der Waals surface area contributed by atoms with Crippen LogP contribution in [-0.2, 0) is 0 Å². The summed E-state index contributed by atoms with van der Waals surface area (Å²) >= 11 is 1.73. The molecule has 0 aromatic heterocycles. The van der Waals surface area contributed by atoms with Crippen LogP contribution in [-0.4, -0.2) is 43.3 Å². The molecule has 1 amide bonds. The van der Waals surface area contributed by atoms with E-state index >= 15 is 0 Å². The number of benzene rings is 2. The summed E-state index contributed by atoms with van der Waals surface area (Å²) in [5.74, 6) is 1.82. The molecule has 1 aliphatic rings. The third kappa shape index (κ3) is 5.51. The predicted octanol–water partition coefficient (Wildman–Crippen LogP) is 3.76. The molecular formula is C21H24N4O3S. The second kappa shape index (κ2) is 9.97. The number of hydrogen-bond donors (Lipinski definition) is 2. The Morgan fingerprint density at radius 2 is 1.79 bits per heavy atom. The summed E-state index contributed by atoms with van der Waals surface area (Å²) in [7, 11) is 3.08. The van der Waals surface area contributed by atoms with Crippen LogP contribution in [0.25, 0.3) is 0 Å². The Morgan fingerprint density at radius 3 is 2.45 bits per heavy atom. The number of amidine groups is 1. The van der Waals surface area contributed by atoms with Gasteiger partial charge in [0.15, 0.2) is 16.7 Å². The van der Waals surface area contributed by atoms with Crippen LogP contribution in [0.1, 0.15) is 29.3 Å². The molecule has 0 saturated carbocycles. The second-order valence-corrected chi connectivity index (χ2v) is 7.38. The Bertz CT molecular complexity index is 926. The third-order valence-electron chi connectivity index (χ3n) is 4.32. The maximum atomic E-state index is 12.4. The van der Waals surface area contributed by atoms with E-state index in [9.17, 15) is 4.79 Å². The third-order valence-corrected chi connectivity index (χ3v) is 5.32. The number of hydrazone groups is 1. The van der Waals surface area contributed by atoms with Crippen LogP contribution in [0.3, 0.4) is 0 Å². The number of hydrogen-bond acceptors (Lipinski definition) is 7. The molecule has 2 N–H and O–H groups in total. The topological polar surface area (TPSA) is 84.3 Å². The molecule has 29 heavy (non-hydrogen) atoms. The Kier molecular flexibility index (Phi) is 7.13. The number of nitrogens with one attached hydrogen (secondary N) is 2. The van der Waals surface area contributed by atoms with E-state index in [2.05, 4.69) is 20.8 Å². The summed E-state index contributed by atoms with van der Waals surface area (Å²) in [5, 5.41) is 8.49. The van der Waals surface area contributed by atoms with E-state index in [1.54, 1.807) is 37.1 Å². The monoisotopic (exact) mass is 412 g/mol. The van der Waals surface area contributed by atoms with E-state index < -0.39 is 0 Å². The van der Waals surface area contributed by atoms with E-state index in [0.29, 0.717) is 22.8 Å². The van der Waals surface area contributed by atoms with Gasteiger partial charge in [0, 0.05) is 23.5 Å². The van der Waals surface area contributed by atoms with E-state index in [4.69, 9.17) is 9.47 Å².